The SMILES string of the molecule is C1CCOC1.C1CCOC1.C1CCOC1.C1CCOC1.C1CCOC1.C1CCOC1.CC(C)c1cccc(C(C)C)c1[N-][Si]([N-]c1c(C(C)C)cccc1C(C)C)(C(C)C)C(C)C.[Li+].[Li+]. The van der Waals surface area contributed by atoms with Crippen LogP contribution in [0.2, 0.25) is 11.1 Å². The molecule has 0 spiro atoms. The van der Waals surface area contributed by atoms with E-state index in [0.717, 1.165) is 79.3 Å². The molecule has 2 aromatic rings. The summed E-state index contributed by atoms with van der Waals surface area (Å²) in [6, 6.07) is 13.5. The summed E-state index contributed by atoms with van der Waals surface area (Å²) >= 11 is 0. The van der Waals surface area contributed by atoms with E-state index in [4.69, 9.17) is 38.4 Å². The van der Waals surface area contributed by atoms with Crippen molar-refractivity contribution in [2.45, 2.75) is 195 Å². The summed E-state index contributed by atoms with van der Waals surface area (Å²) in [5, 5.41) is 0. The Balaban J connectivity index is 0.000001000. The molecule has 11 heteroatoms. The maximum atomic E-state index is 5.80. The van der Waals surface area contributed by atoms with Gasteiger partial charge in [-0.25, -0.2) is 0 Å². The number of ether oxygens (including phenoxy) is 6. The predicted octanol–water partition coefficient (Wildman–Crippen LogP) is 9.94. The van der Waals surface area contributed by atoms with E-state index >= 15 is 0 Å². The molecule has 6 aliphatic heterocycles. The van der Waals surface area contributed by atoms with Crippen LogP contribution in [0.1, 0.15) is 206 Å². The first-order valence-corrected chi connectivity index (χ1v) is 27.6. The minimum Gasteiger partial charge on any atom is -0.698 e. The molecule has 0 amide bonds. The van der Waals surface area contributed by atoms with Crippen molar-refractivity contribution in [2.75, 3.05) is 79.3 Å². The number of benzene rings is 2. The third-order valence-electron chi connectivity index (χ3n) is 11.9. The monoisotopic (exact) mass is 911 g/mol. The molecule has 0 aromatic heterocycles. The third kappa shape index (κ3) is 26.1. The van der Waals surface area contributed by atoms with Gasteiger partial charge in [0.1, 0.15) is 0 Å². The van der Waals surface area contributed by atoms with E-state index in [-0.39, 0.29) is 37.7 Å². The number of rotatable bonds is 10. The fraction of sp³-hybridized carbons (Fsp3) is 0.778. The van der Waals surface area contributed by atoms with Gasteiger partial charge < -0.3 is 38.4 Å². The fourth-order valence-electron chi connectivity index (χ4n) is 7.91. The van der Waals surface area contributed by atoms with Crippen molar-refractivity contribution in [1.82, 2.24) is 0 Å². The summed E-state index contributed by atoms with van der Waals surface area (Å²) in [5.74, 6) is 1.73. The van der Waals surface area contributed by atoms with E-state index < -0.39 is 8.40 Å². The van der Waals surface area contributed by atoms with Crippen LogP contribution < -0.4 is 37.7 Å². The van der Waals surface area contributed by atoms with Gasteiger partial charge in [-0.1, -0.05) is 153 Å². The van der Waals surface area contributed by atoms with Gasteiger partial charge in [-0.05, 0) is 101 Å². The van der Waals surface area contributed by atoms with Gasteiger partial charge in [-0.3, -0.25) is 0 Å². The Morgan fingerprint density at radius 3 is 0.600 bits per heavy atom. The summed E-state index contributed by atoms with van der Waals surface area (Å²) in [5.41, 5.74) is 8.66. The van der Waals surface area contributed by atoms with Crippen LogP contribution in [0.3, 0.4) is 0 Å². The van der Waals surface area contributed by atoms with Crippen molar-refractivity contribution in [3.8, 4) is 0 Å². The third-order valence-corrected chi connectivity index (χ3v) is 16.5. The van der Waals surface area contributed by atoms with Crippen molar-refractivity contribution in [3.05, 3.63) is 68.6 Å². The Morgan fingerprint density at radius 1 is 0.323 bits per heavy atom. The smallest absolute Gasteiger partial charge is 0.698 e. The van der Waals surface area contributed by atoms with E-state index in [2.05, 4.69) is 119 Å². The molecule has 0 unspecified atom stereocenters. The predicted molar refractivity (Wildman–Crippen MR) is 272 cm³/mol. The summed E-state index contributed by atoms with van der Waals surface area (Å²) in [4.78, 5) is 11.6. The molecule has 0 aliphatic carbocycles. The summed E-state index contributed by atoms with van der Waals surface area (Å²) in [7, 11) is -2.49. The molecule has 0 radical (unpaired) electrons. The molecule has 6 fully saturated rings. The van der Waals surface area contributed by atoms with Crippen LogP contribution in [-0.2, 0) is 28.4 Å². The fourth-order valence-corrected chi connectivity index (χ4v) is 11.6. The second kappa shape index (κ2) is 39.0. The minimum atomic E-state index is -2.49. The molecule has 0 saturated carbocycles. The minimum absolute atomic E-state index is 0. The van der Waals surface area contributed by atoms with Crippen molar-refractivity contribution < 1.29 is 66.1 Å². The first kappa shape index (κ1) is 64.2. The van der Waals surface area contributed by atoms with Gasteiger partial charge in [-0.2, -0.15) is 0 Å². The molecule has 8 nitrogen and oxygen atoms in total. The van der Waals surface area contributed by atoms with Crippen molar-refractivity contribution in [1.29, 1.82) is 0 Å². The first-order valence-electron chi connectivity index (χ1n) is 25.5. The van der Waals surface area contributed by atoms with Gasteiger partial charge >= 0.3 is 37.7 Å². The molecule has 8 rings (SSSR count). The Labute approximate surface area is 426 Å². The Bertz CT molecular complexity index is 1150. The van der Waals surface area contributed by atoms with Gasteiger partial charge in [0, 0.05) is 79.3 Å². The quantitative estimate of drug-likeness (QED) is 0.221. The zero-order valence-corrected chi connectivity index (χ0v) is 45.7. The van der Waals surface area contributed by atoms with Crippen LogP contribution in [0.5, 0.6) is 0 Å². The number of hydrogen-bond acceptors (Lipinski definition) is 6. The van der Waals surface area contributed by atoms with Crippen LogP contribution in [0, 0.1) is 0 Å². The average molecular weight is 911 g/mol. The molecule has 0 bridgehead atoms. The zero-order chi connectivity index (χ0) is 46.3. The van der Waals surface area contributed by atoms with Crippen LogP contribution >= 0.6 is 0 Å². The Morgan fingerprint density at radius 2 is 0.492 bits per heavy atom. The van der Waals surface area contributed by atoms with E-state index in [1.807, 2.05) is 0 Å². The largest absolute Gasteiger partial charge is 1.00 e. The summed E-state index contributed by atoms with van der Waals surface area (Å²) in [6.45, 7) is 39.7. The van der Waals surface area contributed by atoms with Gasteiger partial charge in [-0.15, -0.1) is 19.8 Å². The molecular formula is C54H96Li2N2O6Si. The maximum absolute atomic E-state index is 5.80. The Kier molecular flexibility index (Phi) is 38.5. The van der Waals surface area contributed by atoms with Crippen LogP contribution in [0.25, 0.3) is 9.96 Å². The van der Waals surface area contributed by atoms with Crippen LogP contribution in [0.4, 0.5) is 11.4 Å². The van der Waals surface area contributed by atoms with Crippen molar-refractivity contribution in [2.24, 2.45) is 0 Å². The topological polar surface area (TPSA) is 83.6 Å². The molecule has 6 aliphatic rings. The van der Waals surface area contributed by atoms with Gasteiger partial charge in [0.2, 0.25) is 0 Å². The van der Waals surface area contributed by atoms with Crippen LogP contribution in [-0.4, -0.2) is 87.7 Å². The standard InChI is InChI=1S/C30H48N2Si.6C4H8O.2Li/c1-19(2)25-15-13-16-26(20(3)4)29(25)31-33(23(9)10,24(11)12)32-30-27(21(5)6)17-14-18-28(30)22(7)8;6*1-2-4-5-3-1;;/h13-24H,1-12H3;6*1-4H2;;/q-2;;;;;;;2*+1. The van der Waals surface area contributed by atoms with E-state index in [1.165, 1.54) is 111 Å². The summed E-state index contributed by atoms with van der Waals surface area (Å²) < 4.78 is 29.7. The molecule has 6 heterocycles. The molecule has 2 aromatic carbocycles. The second-order valence-corrected chi connectivity index (χ2v) is 23.7. The normalized spacial score (nSPS) is 17.5. The molecule has 0 N–H and O–H groups in total. The van der Waals surface area contributed by atoms with Gasteiger partial charge in [0.25, 0.3) is 0 Å². The van der Waals surface area contributed by atoms with Gasteiger partial charge in [0.05, 0.1) is 0 Å². The van der Waals surface area contributed by atoms with Crippen molar-refractivity contribution >= 4 is 19.8 Å². The van der Waals surface area contributed by atoms with Gasteiger partial charge in [0.15, 0.2) is 0 Å². The molecule has 6 saturated heterocycles. The van der Waals surface area contributed by atoms with Crippen molar-refractivity contribution in [3.63, 3.8) is 0 Å². The maximum Gasteiger partial charge on any atom is 1.00 e. The van der Waals surface area contributed by atoms with E-state index in [9.17, 15) is 0 Å². The Hall–Kier alpha value is -0.788. The number of hydrogen-bond donors (Lipinski definition) is 0. The first-order chi connectivity index (χ1) is 30.3. The van der Waals surface area contributed by atoms with Crippen LogP contribution in [0.15, 0.2) is 36.4 Å². The molecule has 65 heavy (non-hydrogen) atoms. The van der Waals surface area contributed by atoms with E-state index in [0.29, 0.717) is 34.8 Å². The average Bonchev–Trinajstić information content (AvgIpc) is 4.13. The van der Waals surface area contributed by atoms with E-state index in [1.54, 1.807) is 0 Å². The molecule has 0 atom stereocenters. The zero-order valence-electron chi connectivity index (χ0n) is 44.7. The molecular weight excluding hydrogens is 815 g/mol. The number of nitrogens with zero attached hydrogens (tertiary/aromatic N) is 2. The molecule has 364 valence electrons. The summed E-state index contributed by atoms with van der Waals surface area (Å²) in [6.07, 6.45) is 15.3. The second-order valence-electron chi connectivity index (χ2n) is 19.4.